The molecular formula is C12H14N2O5. The van der Waals surface area contributed by atoms with E-state index in [0.717, 1.165) is 11.3 Å². The Kier molecular flexibility index (Phi) is 3.66. The van der Waals surface area contributed by atoms with Crippen molar-refractivity contribution < 1.29 is 23.5 Å². The number of aromatic nitrogens is 2. The molecule has 1 atom stereocenters. The van der Waals surface area contributed by atoms with Crippen molar-refractivity contribution in [2.24, 2.45) is 0 Å². The van der Waals surface area contributed by atoms with Crippen LogP contribution in [0.15, 0.2) is 14.9 Å². The lowest BCUT2D eigenvalue weighted by atomic mass is 10.2. The predicted molar refractivity (Wildman–Crippen MR) is 63.4 cm³/mol. The molecule has 2 heterocycles. The van der Waals surface area contributed by atoms with Crippen LogP contribution in [0.2, 0.25) is 0 Å². The van der Waals surface area contributed by atoms with Crippen LogP contribution in [0.25, 0.3) is 11.5 Å². The summed E-state index contributed by atoms with van der Waals surface area (Å²) in [4.78, 5) is 10.6. The van der Waals surface area contributed by atoms with E-state index < -0.39 is 12.1 Å². The summed E-state index contributed by atoms with van der Waals surface area (Å²) in [5, 5.41) is 16.4. The molecule has 0 fully saturated rings. The Labute approximate surface area is 109 Å². The van der Waals surface area contributed by atoms with Crippen LogP contribution in [-0.2, 0) is 16.1 Å². The molecule has 1 unspecified atom stereocenters. The fourth-order valence-corrected chi connectivity index (χ4v) is 1.53. The SMILES string of the molecule is Cc1cc(-c2nnc(COC(C)C(=O)O)o2)c(C)o1. The zero-order valence-corrected chi connectivity index (χ0v) is 10.8. The average Bonchev–Trinajstić information content (AvgIpc) is 2.92. The third-order valence-electron chi connectivity index (χ3n) is 2.54. The fraction of sp³-hybridized carbons (Fsp3) is 0.417. The second-order valence-electron chi connectivity index (χ2n) is 4.12. The Morgan fingerprint density at radius 2 is 2.16 bits per heavy atom. The molecule has 0 spiro atoms. The minimum Gasteiger partial charge on any atom is -0.479 e. The smallest absolute Gasteiger partial charge is 0.332 e. The molecule has 2 aromatic heterocycles. The predicted octanol–water partition coefficient (Wildman–Crippen LogP) is 1.94. The van der Waals surface area contributed by atoms with E-state index in [1.807, 2.05) is 6.92 Å². The van der Waals surface area contributed by atoms with Gasteiger partial charge in [0.1, 0.15) is 18.1 Å². The molecule has 0 aliphatic rings. The number of hydrogen-bond acceptors (Lipinski definition) is 6. The van der Waals surface area contributed by atoms with Crippen LogP contribution >= 0.6 is 0 Å². The number of furan rings is 1. The van der Waals surface area contributed by atoms with E-state index in [1.165, 1.54) is 6.92 Å². The molecule has 19 heavy (non-hydrogen) atoms. The molecule has 2 rings (SSSR count). The van der Waals surface area contributed by atoms with Gasteiger partial charge in [-0.1, -0.05) is 0 Å². The highest BCUT2D eigenvalue weighted by atomic mass is 16.5. The summed E-state index contributed by atoms with van der Waals surface area (Å²) in [5.41, 5.74) is 0.725. The lowest BCUT2D eigenvalue weighted by molar-refractivity contribution is -0.150. The zero-order chi connectivity index (χ0) is 14.0. The Hall–Kier alpha value is -2.15. The number of aryl methyl sites for hydroxylation is 2. The summed E-state index contributed by atoms with van der Waals surface area (Å²) in [5.74, 6) is 0.953. The van der Waals surface area contributed by atoms with Crippen LogP contribution in [-0.4, -0.2) is 27.4 Å². The van der Waals surface area contributed by atoms with Gasteiger partial charge in [0.25, 0.3) is 5.89 Å². The first kappa shape index (κ1) is 13.3. The van der Waals surface area contributed by atoms with Crippen molar-refractivity contribution in [1.29, 1.82) is 0 Å². The molecule has 7 heteroatoms. The monoisotopic (exact) mass is 266 g/mol. The van der Waals surface area contributed by atoms with Crippen LogP contribution in [0.1, 0.15) is 24.3 Å². The second kappa shape index (κ2) is 5.23. The number of aliphatic carboxylic acids is 1. The van der Waals surface area contributed by atoms with Crippen LogP contribution in [0.4, 0.5) is 0 Å². The number of rotatable bonds is 5. The van der Waals surface area contributed by atoms with Gasteiger partial charge in [-0.15, -0.1) is 10.2 Å². The summed E-state index contributed by atoms with van der Waals surface area (Å²) in [6.45, 7) is 5.01. The van der Waals surface area contributed by atoms with Gasteiger partial charge in [0.05, 0.1) is 5.56 Å². The highest BCUT2D eigenvalue weighted by Crippen LogP contribution is 2.25. The first-order valence-electron chi connectivity index (χ1n) is 5.71. The molecule has 0 radical (unpaired) electrons. The van der Waals surface area contributed by atoms with E-state index in [4.69, 9.17) is 18.7 Å². The molecule has 0 amide bonds. The van der Waals surface area contributed by atoms with Gasteiger partial charge >= 0.3 is 5.97 Å². The van der Waals surface area contributed by atoms with E-state index in [1.54, 1.807) is 13.0 Å². The molecule has 0 aromatic carbocycles. The summed E-state index contributed by atoms with van der Waals surface area (Å²) < 4.78 is 15.8. The zero-order valence-electron chi connectivity index (χ0n) is 10.8. The molecule has 0 aliphatic heterocycles. The van der Waals surface area contributed by atoms with Crippen molar-refractivity contribution >= 4 is 5.97 Å². The lowest BCUT2D eigenvalue weighted by Gasteiger charge is -2.04. The van der Waals surface area contributed by atoms with Crippen LogP contribution < -0.4 is 0 Å². The molecule has 1 N–H and O–H groups in total. The summed E-state index contributed by atoms with van der Waals surface area (Å²) in [7, 11) is 0. The fourth-order valence-electron chi connectivity index (χ4n) is 1.53. The maximum absolute atomic E-state index is 10.6. The Morgan fingerprint density at radius 3 is 2.74 bits per heavy atom. The molecule has 0 bridgehead atoms. The van der Waals surface area contributed by atoms with Gasteiger partial charge in [-0.2, -0.15) is 0 Å². The summed E-state index contributed by atoms with van der Waals surface area (Å²) in [6, 6.07) is 1.80. The molecule has 2 aromatic rings. The van der Waals surface area contributed by atoms with Gasteiger partial charge in [-0.3, -0.25) is 0 Å². The van der Waals surface area contributed by atoms with Crippen molar-refractivity contribution in [3.63, 3.8) is 0 Å². The van der Waals surface area contributed by atoms with Crippen molar-refractivity contribution in [1.82, 2.24) is 10.2 Å². The molecule has 102 valence electrons. The highest BCUT2D eigenvalue weighted by Gasteiger charge is 2.16. The topological polar surface area (TPSA) is 98.6 Å². The van der Waals surface area contributed by atoms with Crippen LogP contribution in [0.5, 0.6) is 0 Å². The molecule has 0 saturated carbocycles. The number of ether oxygens (including phenoxy) is 1. The quantitative estimate of drug-likeness (QED) is 0.882. The molecule has 0 saturated heterocycles. The van der Waals surface area contributed by atoms with Gasteiger partial charge in [-0.25, -0.2) is 4.79 Å². The van der Waals surface area contributed by atoms with Crippen molar-refractivity contribution in [2.45, 2.75) is 33.5 Å². The Morgan fingerprint density at radius 1 is 1.42 bits per heavy atom. The summed E-state index contributed by atoms with van der Waals surface area (Å²) >= 11 is 0. The second-order valence-corrected chi connectivity index (χ2v) is 4.12. The maximum atomic E-state index is 10.6. The highest BCUT2D eigenvalue weighted by molar-refractivity contribution is 5.71. The van der Waals surface area contributed by atoms with Gasteiger partial charge < -0.3 is 18.7 Å². The minimum atomic E-state index is -1.04. The van der Waals surface area contributed by atoms with E-state index in [2.05, 4.69) is 10.2 Å². The van der Waals surface area contributed by atoms with Crippen molar-refractivity contribution in [2.75, 3.05) is 0 Å². The van der Waals surface area contributed by atoms with Gasteiger partial charge in [0.2, 0.25) is 5.89 Å². The van der Waals surface area contributed by atoms with Crippen LogP contribution in [0.3, 0.4) is 0 Å². The first-order valence-corrected chi connectivity index (χ1v) is 5.71. The largest absolute Gasteiger partial charge is 0.479 e. The van der Waals surface area contributed by atoms with E-state index in [9.17, 15) is 4.79 Å². The van der Waals surface area contributed by atoms with E-state index >= 15 is 0 Å². The Bertz CT molecular complexity index is 587. The summed E-state index contributed by atoms with van der Waals surface area (Å²) in [6.07, 6.45) is -0.923. The average molecular weight is 266 g/mol. The Balaban J connectivity index is 2.07. The normalized spacial score (nSPS) is 12.6. The van der Waals surface area contributed by atoms with E-state index in [0.29, 0.717) is 11.7 Å². The molecular weight excluding hydrogens is 252 g/mol. The van der Waals surface area contributed by atoms with Gasteiger partial charge in [0, 0.05) is 0 Å². The van der Waals surface area contributed by atoms with Crippen LogP contribution in [0, 0.1) is 13.8 Å². The van der Waals surface area contributed by atoms with Gasteiger partial charge in [0.15, 0.2) is 6.10 Å². The van der Waals surface area contributed by atoms with Crippen molar-refractivity contribution in [3.8, 4) is 11.5 Å². The first-order chi connectivity index (χ1) is 8.97. The lowest BCUT2D eigenvalue weighted by Crippen LogP contribution is -2.19. The standard InChI is InChI=1S/C12H14N2O5/c1-6-4-9(7(2)18-6)11-14-13-10(19-11)5-17-8(3)12(15)16/h4,8H,5H2,1-3H3,(H,15,16). The number of carbonyl (C=O) groups is 1. The molecule has 7 nitrogen and oxygen atoms in total. The van der Waals surface area contributed by atoms with E-state index in [-0.39, 0.29) is 12.5 Å². The number of carboxylic acid groups (broad SMARTS) is 1. The number of nitrogens with zero attached hydrogens (tertiary/aromatic N) is 2. The molecule has 0 aliphatic carbocycles. The van der Waals surface area contributed by atoms with Gasteiger partial charge in [-0.05, 0) is 26.8 Å². The maximum Gasteiger partial charge on any atom is 0.332 e. The third kappa shape index (κ3) is 3.00. The van der Waals surface area contributed by atoms with Crippen molar-refractivity contribution in [3.05, 3.63) is 23.5 Å². The number of carboxylic acids is 1. The third-order valence-corrected chi connectivity index (χ3v) is 2.54. The number of hydrogen-bond donors (Lipinski definition) is 1. The minimum absolute atomic E-state index is 0.0453.